The van der Waals surface area contributed by atoms with Crippen molar-refractivity contribution < 1.29 is 9.21 Å². The van der Waals surface area contributed by atoms with E-state index in [1.807, 2.05) is 13.0 Å². The minimum absolute atomic E-state index is 0.0892. The Bertz CT molecular complexity index is 1010. The highest BCUT2D eigenvalue weighted by atomic mass is 35.5. The second-order valence-corrected chi connectivity index (χ2v) is 6.07. The second kappa shape index (κ2) is 4.96. The number of amides is 1. The summed E-state index contributed by atoms with van der Waals surface area (Å²) in [5, 5.41) is 3.89. The Kier molecular flexibility index (Phi) is 3.03. The standard InChI is InChI=1S/C18H12ClNO3/c1-9-2-7-13-12(8-9)16(21)14-15(20-18(22)17(14)23-13)10-3-5-11(19)6-4-10/h2-8,15H,1H3,(H,20,22). The van der Waals surface area contributed by atoms with E-state index >= 15 is 0 Å². The van der Waals surface area contributed by atoms with Crippen molar-refractivity contribution >= 4 is 28.5 Å². The summed E-state index contributed by atoms with van der Waals surface area (Å²) in [6.45, 7) is 1.91. The molecular formula is C18H12ClNO3. The van der Waals surface area contributed by atoms with Crippen LogP contribution in [0.1, 0.15) is 33.3 Å². The molecule has 0 fully saturated rings. The fraction of sp³-hybridized carbons (Fsp3) is 0.111. The first-order valence-corrected chi connectivity index (χ1v) is 7.56. The number of rotatable bonds is 1. The van der Waals surface area contributed by atoms with Crippen molar-refractivity contribution in [1.29, 1.82) is 0 Å². The van der Waals surface area contributed by atoms with Crippen LogP contribution in [-0.4, -0.2) is 5.91 Å². The summed E-state index contributed by atoms with van der Waals surface area (Å²) in [6.07, 6.45) is 0. The summed E-state index contributed by atoms with van der Waals surface area (Å²) in [5.74, 6) is -0.286. The molecule has 0 aliphatic carbocycles. The number of fused-ring (bicyclic) bond motifs is 2. The van der Waals surface area contributed by atoms with Crippen LogP contribution in [-0.2, 0) is 0 Å². The highest BCUT2D eigenvalue weighted by Gasteiger charge is 2.35. The van der Waals surface area contributed by atoms with Crippen LogP contribution in [0.25, 0.3) is 11.0 Å². The molecule has 2 heterocycles. The molecular weight excluding hydrogens is 314 g/mol. The second-order valence-electron chi connectivity index (χ2n) is 5.63. The average molecular weight is 326 g/mol. The highest BCUT2D eigenvalue weighted by molar-refractivity contribution is 6.30. The maximum Gasteiger partial charge on any atom is 0.288 e. The summed E-state index contributed by atoms with van der Waals surface area (Å²) in [4.78, 5) is 25.1. The molecule has 4 nitrogen and oxygen atoms in total. The van der Waals surface area contributed by atoms with Crippen LogP contribution in [0.3, 0.4) is 0 Å². The van der Waals surface area contributed by atoms with Gasteiger partial charge in [-0.25, -0.2) is 0 Å². The van der Waals surface area contributed by atoms with Gasteiger partial charge >= 0.3 is 0 Å². The van der Waals surface area contributed by atoms with E-state index in [1.165, 1.54) is 0 Å². The Morgan fingerprint density at radius 1 is 1.09 bits per heavy atom. The minimum atomic E-state index is -0.518. The van der Waals surface area contributed by atoms with E-state index in [0.29, 0.717) is 21.6 Å². The van der Waals surface area contributed by atoms with Gasteiger partial charge in [0.25, 0.3) is 5.91 Å². The van der Waals surface area contributed by atoms with Crippen molar-refractivity contribution in [3.8, 4) is 0 Å². The number of nitrogens with one attached hydrogen (secondary N) is 1. The van der Waals surface area contributed by atoms with Crippen molar-refractivity contribution in [2.45, 2.75) is 13.0 Å². The van der Waals surface area contributed by atoms with Crippen LogP contribution in [0.15, 0.2) is 51.7 Å². The van der Waals surface area contributed by atoms with Crippen molar-refractivity contribution in [3.63, 3.8) is 0 Å². The molecule has 4 rings (SSSR count). The Hall–Kier alpha value is -2.59. The molecule has 1 aliphatic rings. The zero-order chi connectivity index (χ0) is 16.1. The SMILES string of the molecule is Cc1ccc2oc3c(c(=O)c2c1)C(c1ccc(Cl)cc1)NC3=O. The summed E-state index contributed by atoms with van der Waals surface area (Å²) in [5.41, 5.74) is 2.36. The zero-order valence-corrected chi connectivity index (χ0v) is 13.0. The van der Waals surface area contributed by atoms with Gasteiger partial charge in [-0.15, -0.1) is 0 Å². The maximum absolute atomic E-state index is 12.9. The molecule has 2 aromatic carbocycles. The largest absolute Gasteiger partial charge is 0.450 e. The lowest BCUT2D eigenvalue weighted by Crippen LogP contribution is -2.21. The van der Waals surface area contributed by atoms with Gasteiger partial charge in [0.2, 0.25) is 5.76 Å². The van der Waals surface area contributed by atoms with Crippen LogP contribution in [0.4, 0.5) is 0 Å². The van der Waals surface area contributed by atoms with Gasteiger partial charge in [0.05, 0.1) is 17.0 Å². The van der Waals surface area contributed by atoms with E-state index in [0.717, 1.165) is 11.1 Å². The third-order valence-electron chi connectivity index (χ3n) is 4.05. The quantitative estimate of drug-likeness (QED) is 0.744. The van der Waals surface area contributed by atoms with E-state index in [2.05, 4.69) is 5.32 Å². The number of halogens is 1. The molecule has 0 saturated carbocycles. The third-order valence-corrected chi connectivity index (χ3v) is 4.31. The molecule has 0 radical (unpaired) electrons. The van der Waals surface area contributed by atoms with Crippen LogP contribution in [0, 0.1) is 6.92 Å². The number of aryl methyl sites for hydroxylation is 1. The molecule has 1 aliphatic heterocycles. The average Bonchev–Trinajstić information content (AvgIpc) is 2.86. The molecule has 0 spiro atoms. The fourth-order valence-electron chi connectivity index (χ4n) is 2.93. The number of hydrogen-bond donors (Lipinski definition) is 1. The van der Waals surface area contributed by atoms with Gasteiger partial charge < -0.3 is 9.73 Å². The molecule has 5 heteroatoms. The lowest BCUT2D eigenvalue weighted by molar-refractivity contribution is 0.0938. The Morgan fingerprint density at radius 2 is 1.83 bits per heavy atom. The van der Waals surface area contributed by atoms with E-state index in [4.69, 9.17) is 16.0 Å². The minimum Gasteiger partial charge on any atom is -0.450 e. The Morgan fingerprint density at radius 3 is 2.57 bits per heavy atom. The van der Waals surface area contributed by atoms with Crippen molar-refractivity contribution in [1.82, 2.24) is 5.32 Å². The van der Waals surface area contributed by atoms with Crippen LogP contribution in [0.2, 0.25) is 5.02 Å². The van der Waals surface area contributed by atoms with Crippen molar-refractivity contribution in [3.05, 3.63) is 80.2 Å². The first-order valence-electron chi connectivity index (χ1n) is 7.18. The molecule has 114 valence electrons. The summed E-state index contributed by atoms with van der Waals surface area (Å²) >= 11 is 5.91. The lowest BCUT2D eigenvalue weighted by Gasteiger charge is -2.11. The molecule has 3 aromatic rings. The van der Waals surface area contributed by atoms with E-state index in [9.17, 15) is 9.59 Å². The van der Waals surface area contributed by atoms with Gasteiger partial charge in [-0.1, -0.05) is 35.4 Å². The summed E-state index contributed by atoms with van der Waals surface area (Å²) in [7, 11) is 0. The van der Waals surface area contributed by atoms with Gasteiger partial charge in [0, 0.05) is 5.02 Å². The molecule has 1 N–H and O–H groups in total. The maximum atomic E-state index is 12.9. The van der Waals surface area contributed by atoms with Gasteiger partial charge in [-0.05, 0) is 36.8 Å². The first kappa shape index (κ1) is 14.0. The predicted molar refractivity (Wildman–Crippen MR) is 88.0 cm³/mol. The monoisotopic (exact) mass is 325 g/mol. The number of carbonyl (C=O) groups is 1. The van der Waals surface area contributed by atoms with Gasteiger partial charge in [-0.2, -0.15) is 0 Å². The molecule has 1 unspecified atom stereocenters. The molecule has 0 saturated heterocycles. The molecule has 0 bridgehead atoms. The highest BCUT2D eigenvalue weighted by Crippen LogP contribution is 2.31. The van der Waals surface area contributed by atoms with Crippen molar-refractivity contribution in [2.24, 2.45) is 0 Å². The normalized spacial score (nSPS) is 16.4. The van der Waals surface area contributed by atoms with Crippen LogP contribution in [0.5, 0.6) is 0 Å². The number of hydrogen-bond acceptors (Lipinski definition) is 3. The van der Waals surface area contributed by atoms with E-state index < -0.39 is 6.04 Å². The fourth-order valence-corrected chi connectivity index (χ4v) is 3.05. The van der Waals surface area contributed by atoms with E-state index in [-0.39, 0.29) is 17.1 Å². The topological polar surface area (TPSA) is 59.3 Å². The molecule has 23 heavy (non-hydrogen) atoms. The molecule has 1 atom stereocenters. The first-order chi connectivity index (χ1) is 11.0. The third kappa shape index (κ3) is 2.14. The molecule has 1 amide bonds. The molecule has 1 aromatic heterocycles. The number of carbonyl (C=O) groups excluding carboxylic acids is 1. The zero-order valence-electron chi connectivity index (χ0n) is 12.2. The smallest absolute Gasteiger partial charge is 0.288 e. The van der Waals surface area contributed by atoms with Gasteiger partial charge in [-0.3, -0.25) is 9.59 Å². The summed E-state index contributed by atoms with van der Waals surface area (Å²) in [6, 6.07) is 11.9. The van der Waals surface area contributed by atoms with Crippen LogP contribution >= 0.6 is 11.6 Å². The van der Waals surface area contributed by atoms with Crippen LogP contribution < -0.4 is 10.7 Å². The number of benzene rings is 2. The van der Waals surface area contributed by atoms with Gasteiger partial charge in [0.1, 0.15) is 5.58 Å². The van der Waals surface area contributed by atoms with Crippen molar-refractivity contribution in [2.75, 3.05) is 0 Å². The summed E-state index contributed by atoms with van der Waals surface area (Å²) < 4.78 is 5.69. The van der Waals surface area contributed by atoms with E-state index in [1.54, 1.807) is 36.4 Å². The lowest BCUT2D eigenvalue weighted by atomic mass is 9.99. The Balaban J connectivity index is 1.99. The van der Waals surface area contributed by atoms with Gasteiger partial charge in [0.15, 0.2) is 5.43 Å². The predicted octanol–water partition coefficient (Wildman–Crippen LogP) is 3.59. The Labute approximate surface area is 136 Å².